The number of carbonyl (C=O) groups excluding carboxylic acids is 1. The Bertz CT molecular complexity index is 428. The van der Waals surface area contributed by atoms with Crippen LogP contribution in [-0.4, -0.2) is 21.5 Å². The molecule has 18 heavy (non-hydrogen) atoms. The summed E-state index contributed by atoms with van der Waals surface area (Å²) in [5.41, 5.74) is 1.91. The number of thioether (sulfide) groups is 1. The zero-order chi connectivity index (χ0) is 13.0. The van der Waals surface area contributed by atoms with Gasteiger partial charge in [0.1, 0.15) is 0 Å². The number of benzene rings is 1. The fourth-order valence-electron chi connectivity index (χ4n) is 2.17. The van der Waals surface area contributed by atoms with Gasteiger partial charge < -0.3 is 10.4 Å². The molecule has 2 N–H and O–H groups in total. The van der Waals surface area contributed by atoms with Gasteiger partial charge in [-0.15, -0.1) is 11.8 Å². The molecule has 1 aromatic rings. The van der Waals surface area contributed by atoms with Crippen molar-refractivity contribution >= 4 is 17.7 Å². The van der Waals surface area contributed by atoms with Gasteiger partial charge in [0, 0.05) is 6.54 Å². The van der Waals surface area contributed by atoms with Gasteiger partial charge in [0.05, 0.1) is 11.4 Å². The van der Waals surface area contributed by atoms with Crippen LogP contribution in [0.15, 0.2) is 24.3 Å². The first-order chi connectivity index (χ1) is 8.64. The Morgan fingerprint density at radius 1 is 1.50 bits per heavy atom. The van der Waals surface area contributed by atoms with Gasteiger partial charge >= 0.3 is 0 Å². The second-order valence-electron chi connectivity index (χ2n) is 4.84. The average Bonchev–Trinajstić information content (AvgIpc) is 2.84. The minimum atomic E-state index is -0.255. The van der Waals surface area contributed by atoms with E-state index in [1.54, 1.807) is 11.8 Å². The highest BCUT2D eigenvalue weighted by Gasteiger charge is 2.36. The standard InChI is InChI=1S/C14H19NO2S/c1-14(6-3-7-18-14)13(17)15-9-11-4-2-5-12(8-11)10-16/h2,4-5,8,16H,3,6-7,9-10H2,1H3,(H,15,17). The average molecular weight is 265 g/mol. The van der Waals surface area contributed by atoms with Gasteiger partial charge in [-0.05, 0) is 36.6 Å². The number of amides is 1. The van der Waals surface area contributed by atoms with Crippen LogP contribution in [0.2, 0.25) is 0 Å². The van der Waals surface area contributed by atoms with Crippen LogP contribution in [-0.2, 0) is 17.9 Å². The van der Waals surface area contributed by atoms with E-state index >= 15 is 0 Å². The smallest absolute Gasteiger partial charge is 0.236 e. The SMILES string of the molecule is CC1(C(=O)NCc2cccc(CO)c2)CCCS1. The Balaban J connectivity index is 1.92. The summed E-state index contributed by atoms with van der Waals surface area (Å²) in [6.45, 7) is 2.59. The molecule has 3 nitrogen and oxygen atoms in total. The molecular weight excluding hydrogens is 246 g/mol. The Hall–Kier alpha value is -1.00. The lowest BCUT2D eigenvalue weighted by Crippen LogP contribution is -2.39. The highest BCUT2D eigenvalue weighted by molar-refractivity contribution is 8.01. The molecule has 1 heterocycles. The Morgan fingerprint density at radius 3 is 2.94 bits per heavy atom. The van der Waals surface area contributed by atoms with E-state index in [0.29, 0.717) is 6.54 Å². The van der Waals surface area contributed by atoms with Gasteiger partial charge in [-0.3, -0.25) is 4.79 Å². The Labute approximate surface area is 112 Å². The second-order valence-corrected chi connectivity index (χ2v) is 6.44. The molecule has 1 atom stereocenters. The highest BCUT2D eigenvalue weighted by atomic mass is 32.2. The van der Waals surface area contributed by atoms with E-state index in [9.17, 15) is 4.79 Å². The maximum atomic E-state index is 12.1. The second kappa shape index (κ2) is 5.76. The van der Waals surface area contributed by atoms with Gasteiger partial charge in [-0.1, -0.05) is 24.3 Å². The summed E-state index contributed by atoms with van der Waals surface area (Å²) in [7, 11) is 0. The summed E-state index contributed by atoms with van der Waals surface area (Å²) in [6, 6.07) is 7.66. The number of aliphatic hydroxyl groups is 1. The van der Waals surface area contributed by atoms with Crippen molar-refractivity contribution < 1.29 is 9.90 Å². The molecule has 1 aliphatic rings. The van der Waals surface area contributed by atoms with Crippen molar-refractivity contribution in [2.24, 2.45) is 0 Å². The normalized spacial score (nSPS) is 23.0. The molecule has 98 valence electrons. The first kappa shape index (κ1) is 13.4. The van der Waals surface area contributed by atoms with Crippen molar-refractivity contribution in [3.8, 4) is 0 Å². The molecule has 1 aliphatic heterocycles. The highest BCUT2D eigenvalue weighted by Crippen LogP contribution is 2.37. The monoisotopic (exact) mass is 265 g/mol. The molecule has 0 spiro atoms. The van der Waals surface area contributed by atoms with E-state index in [1.807, 2.05) is 31.2 Å². The van der Waals surface area contributed by atoms with Crippen LogP contribution in [0.3, 0.4) is 0 Å². The van der Waals surface area contributed by atoms with E-state index in [0.717, 1.165) is 29.7 Å². The predicted octanol–water partition coefficient (Wildman–Crippen LogP) is 2.08. The minimum absolute atomic E-state index is 0.0371. The molecule has 2 rings (SSSR count). The number of rotatable bonds is 4. The summed E-state index contributed by atoms with van der Waals surface area (Å²) in [6.07, 6.45) is 2.08. The van der Waals surface area contributed by atoms with E-state index in [-0.39, 0.29) is 17.3 Å². The van der Waals surface area contributed by atoms with Crippen molar-refractivity contribution in [3.63, 3.8) is 0 Å². The van der Waals surface area contributed by atoms with Gasteiger partial charge in [0.2, 0.25) is 5.91 Å². The molecule has 0 saturated carbocycles. The van der Waals surface area contributed by atoms with Crippen LogP contribution in [0, 0.1) is 0 Å². The number of hydrogen-bond acceptors (Lipinski definition) is 3. The van der Waals surface area contributed by atoms with Crippen molar-refractivity contribution in [2.75, 3.05) is 5.75 Å². The van der Waals surface area contributed by atoms with Crippen molar-refractivity contribution in [2.45, 2.75) is 37.7 Å². The molecule has 1 amide bonds. The van der Waals surface area contributed by atoms with Crippen LogP contribution >= 0.6 is 11.8 Å². The van der Waals surface area contributed by atoms with E-state index in [2.05, 4.69) is 5.32 Å². The molecule has 1 fully saturated rings. The van der Waals surface area contributed by atoms with Crippen LogP contribution in [0.4, 0.5) is 0 Å². The van der Waals surface area contributed by atoms with Crippen LogP contribution in [0.5, 0.6) is 0 Å². The number of aliphatic hydroxyl groups excluding tert-OH is 1. The summed E-state index contributed by atoms with van der Waals surface area (Å²) in [4.78, 5) is 12.1. The minimum Gasteiger partial charge on any atom is -0.392 e. The largest absolute Gasteiger partial charge is 0.392 e. The summed E-state index contributed by atoms with van der Waals surface area (Å²) >= 11 is 1.74. The number of carbonyl (C=O) groups is 1. The molecule has 0 aromatic heterocycles. The molecule has 1 aromatic carbocycles. The van der Waals surface area contributed by atoms with E-state index in [4.69, 9.17) is 5.11 Å². The fourth-order valence-corrected chi connectivity index (χ4v) is 3.40. The molecular formula is C14H19NO2S. The zero-order valence-corrected chi connectivity index (χ0v) is 11.4. The molecule has 4 heteroatoms. The number of nitrogens with one attached hydrogen (secondary N) is 1. The first-order valence-electron chi connectivity index (χ1n) is 6.25. The Morgan fingerprint density at radius 2 is 2.28 bits per heavy atom. The van der Waals surface area contributed by atoms with E-state index < -0.39 is 0 Å². The predicted molar refractivity (Wildman–Crippen MR) is 74.3 cm³/mol. The third kappa shape index (κ3) is 3.06. The molecule has 1 unspecified atom stereocenters. The van der Waals surface area contributed by atoms with E-state index in [1.165, 1.54) is 0 Å². The van der Waals surface area contributed by atoms with Gasteiger partial charge in [-0.25, -0.2) is 0 Å². The third-order valence-electron chi connectivity index (χ3n) is 3.33. The van der Waals surface area contributed by atoms with Crippen molar-refractivity contribution in [1.29, 1.82) is 0 Å². The summed E-state index contributed by atoms with van der Waals surface area (Å²) < 4.78 is -0.255. The molecule has 0 aliphatic carbocycles. The van der Waals surface area contributed by atoms with Crippen LogP contribution in [0.25, 0.3) is 0 Å². The van der Waals surface area contributed by atoms with Crippen molar-refractivity contribution in [1.82, 2.24) is 5.32 Å². The number of hydrogen-bond donors (Lipinski definition) is 2. The maximum absolute atomic E-state index is 12.1. The zero-order valence-electron chi connectivity index (χ0n) is 10.6. The summed E-state index contributed by atoms with van der Waals surface area (Å²) in [5, 5.41) is 12.1. The lowest BCUT2D eigenvalue weighted by atomic mass is 10.0. The Kier molecular flexibility index (Phi) is 4.30. The van der Waals surface area contributed by atoms with Gasteiger partial charge in [0.15, 0.2) is 0 Å². The lowest BCUT2D eigenvalue weighted by molar-refractivity contribution is -0.123. The topological polar surface area (TPSA) is 49.3 Å². The van der Waals surface area contributed by atoms with Gasteiger partial charge in [0.25, 0.3) is 0 Å². The van der Waals surface area contributed by atoms with Crippen molar-refractivity contribution in [3.05, 3.63) is 35.4 Å². The van der Waals surface area contributed by atoms with Crippen LogP contribution < -0.4 is 5.32 Å². The molecule has 0 radical (unpaired) electrons. The molecule has 1 saturated heterocycles. The first-order valence-corrected chi connectivity index (χ1v) is 7.23. The quantitative estimate of drug-likeness (QED) is 0.876. The lowest BCUT2D eigenvalue weighted by Gasteiger charge is -2.21. The maximum Gasteiger partial charge on any atom is 0.236 e. The molecule has 0 bridgehead atoms. The van der Waals surface area contributed by atoms with Gasteiger partial charge in [-0.2, -0.15) is 0 Å². The summed E-state index contributed by atoms with van der Waals surface area (Å²) in [5.74, 6) is 1.20. The third-order valence-corrected chi connectivity index (χ3v) is 4.85. The van der Waals surface area contributed by atoms with Crippen LogP contribution in [0.1, 0.15) is 30.9 Å². The fraction of sp³-hybridized carbons (Fsp3) is 0.500.